The minimum Gasteiger partial charge on any atom is -0.443 e. The van der Waals surface area contributed by atoms with Crippen LogP contribution in [0.25, 0.3) is 0 Å². The molecule has 0 heterocycles. The molecule has 2 aromatic rings. The summed E-state index contributed by atoms with van der Waals surface area (Å²) >= 11 is 0. The maximum Gasteiger partial charge on any atom is 0.415 e. The van der Waals surface area contributed by atoms with E-state index < -0.39 is 11.7 Å². The number of benzene rings is 2. The van der Waals surface area contributed by atoms with Gasteiger partial charge in [-0.2, -0.15) is 0 Å². The molecule has 2 rings (SSSR count). The van der Waals surface area contributed by atoms with Gasteiger partial charge in [0.15, 0.2) is 0 Å². The van der Waals surface area contributed by atoms with Gasteiger partial charge in [-0.15, -0.1) is 0 Å². The largest absolute Gasteiger partial charge is 0.443 e. The smallest absolute Gasteiger partial charge is 0.415 e. The lowest BCUT2D eigenvalue weighted by Crippen LogP contribution is -2.36. The summed E-state index contributed by atoms with van der Waals surface area (Å²) < 4.78 is 5.50. The molecule has 0 fully saturated rings. The van der Waals surface area contributed by atoms with Crippen LogP contribution >= 0.6 is 0 Å². The minimum atomic E-state index is -0.575. The Morgan fingerprint density at radius 3 is 2.17 bits per heavy atom. The van der Waals surface area contributed by atoms with E-state index in [-0.39, 0.29) is 0 Å². The highest BCUT2D eigenvalue weighted by atomic mass is 16.6. The lowest BCUT2D eigenvalue weighted by atomic mass is 10.1. The van der Waals surface area contributed by atoms with Gasteiger partial charge < -0.3 is 4.74 Å². The van der Waals surface area contributed by atoms with Crippen LogP contribution in [-0.4, -0.2) is 18.0 Å². The van der Waals surface area contributed by atoms with Crippen LogP contribution in [0.3, 0.4) is 0 Å². The molecule has 0 aromatic heterocycles. The van der Waals surface area contributed by atoms with Gasteiger partial charge in [0.1, 0.15) is 11.9 Å². The van der Waals surface area contributed by atoms with Crippen LogP contribution in [0.15, 0.2) is 54.6 Å². The highest BCUT2D eigenvalue weighted by Crippen LogP contribution is 2.21. The predicted octanol–water partition coefficient (Wildman–Crippen LogP) is 4.44. The van der Waals surface area contributed by atoms with Gasteiger partial charge in [-0.1, -0.05) is 30.3 Å². The lowest BCUT2D eigenvalue weighted by Gasteiger charge is -2.27. The number of carbonyl (C=O) groups excluding carboxylic acids is 2. The molecule has 0 aliphatic carbocycles. The molecule has 0 bridgehead atoms. The maximum absolute atomic E-state index is 12.6. The Kier molecular flexibility index (Phi) is 5.16. The van der Waals surface area contributed by atoms with Crippen molar-refractivity contribution in [3.8, 4) is 0 Å². The van der Waals surface area contributed by atoms with Crippen LogP contribution in [0.4, 0.5) is 10.5 Å². The van der Waals surface area contributed by atoms with Gasteiger partial charge >= 0.3 is 6.09 Å². The summed E-state index contributed by atoms with van der Waals surface area (Å²) in [5, 5.41) is 0. The molecule has 0 aliphatic rings. The number of rotatable bonds is 4. The second-order valence-electron chi connectivity index (χ2n) is 6.26. The van der Waals surface area contributed by atoms with Gasteiger partial charge in [-0.25, -0.2) is 4.79 Å². The summed E-state index contributed by atoms with van der Waals surface area (Å²) in [7, 11) is 0. The summed E-state index contributed by atoms with van der Waals surface area (Å²) in [6.07, 6.45) is 0.360. The van der Waals surface area contributed by atoms with Crippen molar-refractivity contribution in [2.75, 3.05) is 4.90 Å². The zero-order chi connectivity index (χ0) is 16.9. The molecule has 0 unspecified atom stereocenters. The lowest BCUT2D eigenvalue weighted by molar-refractivity contribution is 0.0577. The van der Waals surface area contributed by atoms with Crippen molar-refractivity contribution in [3.05, 3.63) is 65.7 Å². The van der Waals surface area contributed by atoms with Crippen LogP contribution in [-0.2, 0) is 11.3 Å². The van der Waals surface area contributed by atoms with Crippen LogP contribution in [0.2, 0.25) is 0 Å². The Bertz CT molecular complexity index is 657. The second-order valence-corrected chi connectivity index (χ2v) is 6.26. The number of hydrogen-bond acceptors (Lipinski definition) is 3. The fraction of sp³-hybridized carbons (Fsp3) is 0.263. The zero-order valence-corrected chi connectivity index (χ0v) is 13.7. The first-order chi connectivity index (χ1) is 10.9. The Hall–Kier alpha value is -2.62. The highest BCUT2D eigenvalue weighted by Gasteiger charge is 2.23. The van der Waals surface area contributed by atoms with E-state index in [2.05, 4.69) is 0 Å². The van der Waals surface area contributed by atoms with E-state index in [1.165, 1.54) is 0 Å². The molecule has 0 saturated carbocycles. The third-order valence-electron chi connectivity index (χ3n) is 3.14. The Morgan fingerprint density at radius 1 is 1.04 bits per heavy atom. The molecule has 0 saturated heterocycles. The van der Waals surface area contributed by atoms with Crippen molar-refractivity contribution >= 4 is 18.1 Å². The van der Waals surface area contributed by atoms with E-state index in [1.54, 1.807) is 29.2 Å². The molecule has 0 radical (unpaired) electrons. The topological polar surface area (TPSA) is 46.6 Å². The molecule has 0 atom stereocenters. The summed E-state index contributed by atoms with van der Waals surface area (Å²) in [5.41, 5.74) is 1.68. The van der Waals surface area contributed by atoms with Crippen molar-refractivity contribution < 1.29 is 14.3 Å². The van der Waals surface area contributed by atoms with E-state index in [1.807, 2.05) is 51.1 Å². The number of amides is 1. The van der Waals surface area contributed by atoms with E-state index in [0.717, 1.165) is 11.8 Å². The summed E-state index contributed by atoms with van der Waals surface area (Å²) in [5.74, 6) is 0. The van der Waals surface area contributed by atoms with Crippen LogP contribution < -0.4 is 4.90 Å². The SMILES string of the molecule is CC(C)(C)OC(=O)N(Cc1ccccc1)c1ccc(C=O)cc1. The molecule has 0 spiro atoms. The van der Waals surface area contributed by atoms with Crippen molar-refractivity contribution in [2.24, 2.45) is 0 Å². The first kappa shape index (κ1) is 16.7. The number of nitrogens with zero attached hydrogens (tertiary/aromatic N) is 1. The predicted molar refractivity (Wildman–Crippen MR) is 90.7 cm³/mol. The molecule has 0 N–H and O–H groups in total. The average molecular weight is 311 g/mol. The van der Waals surface area contributed by atoms with E-state index in [9.17, 15) is 9.59 Å². The van der Waals surface area contributed by atoms with Crippen molar-refractivity contribution in [2.45, 2.75) is 32.9 Å². The maximum atomic E-state index is 12.6. The fourth-order valence-corrected chi connectivity index (χ4v) is 2.08. The van der Waals surface area contributed by atoms with Gasteiger partial charge in [-0.05, 0) is 50.6 Å². The normalized spacial score (nSPS) is 10.9. The summed E-state index contributed by atoms with van der Waals surface area (Å²) in [6.45, 7) is 5.90. The third-order valence-corrected chi connectivity index (χ3v) is 3.14. The third kappa shape index (κ3) is 4.95. The standard InChI is InChI=1S/C19H21NO3/c1-19(2,3)23-18(22)20(13-15-7-5-4-6-8-15)17-11-9-16(14-21)10-12-17/h4-12,14H,13H2,1-3H3. The number of anilines is 1. The van der Waals surface area contributed by atoms with Gasteiger partial charge in [-0.3, -0.25) is 9.69 Å². The first-order valence-electron chi connectivity index (χ1n) is 7.49. The number of carbonyl (C=O) groups is 2. The Morgan fingerprint density at radius 2 is 1.65 bits per heavy atom. The number of aldehydes is 1. The summed E-state index contributed by atoms with van der Waals surface area (Å²) in [4.78, 5) is 24.9. The van der Waals surface area contributed by atoms with Crippen LogP contribution in [0, 0.1) is 0 Å². The molecule has 120 valence electrons. The zero-order valence-electron chi connectivity index (χ0n) is 13.7. The van der Waals surface area contributed by atoms with Crippen LogP contribution in [0.1, 0.15) is 36.7 Å². The van der Waals surface area contributed by atoms with E-state index in [4.69, 9.17) is 4.74 Å². The molecular formula is C19H21NO3. The van der Waals surface area contributed by atoms with Crippen molar-refractivity contribution in [3.63, 3.8) is 0 Å². The van der Waals surface area contributed by atoms with Gasteiger partial charge in [0.25, 0.3) is 0 Å². The summed E-state index contributed by atoms with van der Waals surface area (Å²) in [6, 6.07) is 16.6. The molecule has 1 amide bonds. The molecule has 2 aromatic carbocycles. The molecule has 23 heavy (non-hydrogen) atoms. The first-order valence-corrected chi connectivity index (χ1v) is 7.49. The van der Waals surface area contributed by atoms with Gasteiger partial charge in [0.2, 0.25) is 0 Å². The van der Waals surface area contributed by atoms with Gasteiger partial charge in [0, 0.05) is 11.3 Å². The molecule has 4 nitrogen and oxygen atoms in total. The quantitative estimate of drug-likeness (QED) is 0.784. The van der Waals surface area contributed by atoms with Crippen molar-refractivity contribution in [1.82, 2.24) is 0 Å². The van der Waals surface area contributed by atoms with Crippen LogP contribution in [0.5, 0.6) is 0 Å². The highest BCUT2D eigenvalue weighted by molar-refractivity contribution is 5.88. The van der Waals surface area contributed by atoms with Crippen molar-refractivity contribution in [1.29, 1.82) is 0 Å². The fourth-order valence-electron chi connectivity index (χ4n) is 2.08. The molecule has 4 heteroatoms. The number of hydrogen-bond donors (Lipinski definition) is 0. The monoisotopic (exact) mass is 311 g/mol. The van der Waals surface area contributed by atoms with E-state index >= 15 is 0 Å². The second kappa shape index (κ2) is 7.09. The van der Waals surface area contributed by atoms with E-state index in [0.29, 0.717) is 17.8 Å². The molecular weight excluding hydrogens is 290 g/mol. The average Bonchev–Trinajstić information content (AvgIpc) is 2.52. The number of ether oxygens (including phenoxy) is 1. The van der Waals surface area contributed by atoms with Gasteiger partial charge in [0.05, 0.1) is 6.54 Å². The minimum absolute atomic E-state index is 0.399. The molecule has 0 aliphatic heterocycles. The Labute approximate surface area is 136 Å². The Balaban J connectivity index is 2.29.